The lowest BCUT2D eigenvalue weighted by molar-refractivity contribution is -0.143. The van der Waals surface area contributed by atoms with Crippen LogP contribution < -0.4 is 9.64 Å². The number of amides is 3. The molecule has 2 heterocycles. The van der Waals surface area contributed by atoms with Gasteiger partial charge in [0, 0.05) is 31.9 Å². The second kappa shape index (κ2) is 7.31. The Hall–Kier alpha value is -2.28. The topological polar surface area (TPSA) is 62.3 Å². The first kappa shape index (κ1) is 17.5. The van der Waals surface area contributed by atoms with Gasteiger partial charge < -0.3 is 19.3 Å². The van der Waals surface area contributed by atoms with Gasteiger partial charge in [-0.25, -0.2) is 4.79 Å². The standard InChI is InChI=1S/C18H25N3O4/c1-13-10-20(11-14(2)25-13)17(22)12-19-8-9-21(18(19)23)15-4-6-16(24-3)7-5-15/h4-7,13-14H,8-12H2,1-3H3. The summed E-state index contributed by atoms with van der Waals surface area (Å²) in [7, 11) is 1.61. The summed E-state index contributed by atoms with van der Waals surface area (Å²) in [5.74, 6) is 0.727. The van der Waals surface area contributed by atoms with E-state index in [1.165, 1.54) is 0 Å². The van der Waals surface area contributed by atoms with Crippen molar-refractivity contribution in [3.63, 3.8) is 0 Å². The first-order valence-electron chi connectivity index (χ1n) is 8.61. The summed E-state index contributed by atoms with van der Waals surface area (Å²) in [5, 5.41) is 0. The highest BCUT2D eigenvalue weighted by Crippen LogP contribution is 2.23. The molecule has 2 aliphatic rings. The Morgan fingerprint density at radius 1 is 1.16 bits per heavy atom. The molecule has 1 aromatic carbocycles. The van der Waals surface area contributed by atoms with E-state index in [0.717, 1.165) is 11.4 Å². The van der Waals surface area contributed by atoms with Crippen molar-refractivity contribution in [2.24, 2.45) is 0 Å². The van der Waals surface area contributed by atoms with Gasteiger partial charge in [-0.3, -0.25) is 9.69 Å². The minimum absolute atomic E-state index is 0.0214. The van der Waals surface area contributed by atoms with E-state index in [4.69, 9.17) is 9.47 Å². The smallest absolute Gasteiger partial charge is 0.325 e. The number of hydrogen-bond acceptors (Lipinski definition) is 4. The molecule has 0 N–H and O–H groups in total. The van der Waals surface area contributed by atoms with E-state index in [1.807, 2.05) is 38.1 Å². The van der Waals surface area contributed by atoms with E-state index in [9.17, 15) is 9.59 Å². The Kier molecular flexibility index (Phi) is 5.13. The van der Waals surface area contributed by atoms with Crippen LogP contribution in [-0.4, -0.2) is 73.8 Å². The molecule has 0 saturated carbocycles. The molecular weight excluding hydrogens is 322 g/mol. The molecule has 2 fully saturated rings. The van der Waals surface area contributed by atoms with Crippen LogP contribution in [0.5, 0.6) is 5.75 Å². The highest BCUT2D eigenvalue weighted by molar-refractivity contribution is 5.96. The van der Waals surface area contributed by atoms with Gasteiger partial charge in [-0.2, -0.15) is 0 Å². The number of nitrogens with zero attached hydrogens (tertiary/aromatic N) is 3. The van der Waals surface area contributed by atoms with Gasteiger partial charge in [0.25, 0.3) is 0 Å². The second-order valence-corrected chi connectivity index (χ2v) is 6.61. The van der Waals surface area contributed by atoms with Crippen LogP contribution in [0.25, 0.3) is 0 Å². The van der Waals surface area contributed by atoms with Crippen molar-refractivity contribution in [3.8, 4) is 5.75 Å². The largest absolute Gasteiger partial charge is 0.497 e. The monoisotopic (exact) mass is 347 g/mol. The van der Waals surface area contributed by atoms with E-state index in [1.54, 1.807) is 21.8 Å². The summed E-state index contributed by atoms with van der Waals surface area (Å²) in [6, 6.07) is 7.23. The third-order valence-corrected chi connectivity index (χ3v) is 4.58. The summed E-state index contributed by atoms with van der Waals surface area (Å²) < 4.78 is 10.8. The third-order valence-electron chi connectivity index (χ3n) is 4.58. The number of benzene rings is 1. The van der Waals surface area contributed by atoms with Crippen LogP contribution in [0.4, 0.5) is 10.5 Å². The average Bonchev–Trinajstić information content (AvgIpc) is 2.95. The van der Waals surface area contributed by atoms with Crippen LogP contribution in [0.2, 0.25) is 0 Å². The zero-order valence-electron chi connectivity index (χ0n) is 15.0. The number of carbonyl (C=O) groups is 2. The number of morpholine rings is 1. The van der Waals surface area contributed by atoms with E-state index < -0.39 is 0 Å². The van der Waals surface area contributed by atoms with E-state index >= 15 is 0 Å². The number of carbonyl (C=O) groups excluding carboxylic acids is 2. The van der Waals surface area contributed by atoms with Crippen molar-refractivity contribution in [1.82, 2.24) is 9.80 Å². The first-order valence-corrected chi connectivity index (χ1v) is 8.61. The predicted molar refractivity (Wildman–Crippen MR) is 93.9 cm³/mol. The van der Waals surface area contributed by atoms with Gasteiger partial charge in [0.2, 0.25) is 5.91 Å². The molecule has 0 aliphatic carbocycles. The van der Waals surface area contributed by atoms with Crippen molar-refractivity contribution in [2.75, 3.05) is 44.7 Å². The SMILES string of the molecule is COc1ccc(N2CCN(CC(=O)N3CC(C)OC(C)C3)C2=O)cc1. The molecule has 7 heteroatoms. The van der Waals surface area contributed by atoms with E-state index in [0.29, 0.717) is 26.2 Å². The maximum absolute atomic E-state index is 12.6. The minimum atomic E-state index is -0.132. The molecule has 2 atom stereocenters. The summed E-state index contributed by atoms with van der Waals surface area (Å²) in [5.41, 5.74) is 0.814. The predicted octanol–water partition coefficient (Wildman–Crippen LogP) is 1.57. The van der Waals surface area contributed by atoms with Crippen LogP contribution >= 0.6 is 0 Å². The Balaban J connectivity index is 1.60. The Morgan fingerprint density at radius 2 is 1.80 bits per heavy atom. The normalized spacial score (nSPS) is 24.0. The molecule has 7 nitrogen and oxygen atoms in total. The lowest BCUT2D eigenvalue weighted by Crippen LogP contribution is -2.51. The first-order chi connectivity index (χ1) is 12.0. The molecule has 0 aromatic heterocycles. The van der Waals surface area contributed by atoms with Crippen LogP contribution in [0, 0.1) is 0 Å². The molecule has 3 amide bonds. The highest BCUT2D eigenvalue weighted by Gasteiger charge is 2.33. The van der Waals surface area contributed by atoms with E-state index in [-0.39, 0.29) is 30.7 Å². The maximum atomic E-state index is 12.6. The number of urea groups is 1. The molecule has 0 radical (unpaired) electrons. The van der Waals surface area contributed by atoms with Crippen LogP contribution in [0.15, 0.2) is 24.3 Å². The quantitative estimate of drug-likeness (QED) is 0.829. The Morgan fingerprint density at radius 3 is 2.40 bits per heavy atom. The molecular formula is C18H25N3O4. The zero-order chi connectivity index (χ0) is 18.0. The highest BCUT2D eigenvalue weighted by atomic mass is 16.5. The van der Waals surface area contributed by atoms with Gasteiger partial charge in [-0.15, -0.1) is 0 Å². The fraction of sp³-hybridized carbons (Fsp3) is 0.556. The van der Waals surface area contributed by atoms with Gasteiger partial charge in [-0.1, -0.05) is 0 Å². The Labute approximate surface area is 148 Å². The number of hydrogen-bond donors (Lipinski definition) is 0. The number of methoxy groups -OCH3 is 1. The zero-order valence-corrected chi connectivity index (χ0v) is 15.0. The number of ether oxygens (including phenoxy) is 2. The molecule has 25 heavy (non-hydrogen) atoms. The molecule has 2 unspecified atom stereocenters. The van der Waals surface area contributed by atoms with Gasteiger partial charge in [0.05, 0.1) is 19.3 Å². The molecule has 1 aromatic rings. The maximum Gasteiger partial charge on any atom is 0.325 e. The molecule has 2 aliphatic heterocycles. The molecule has 2 saturated heterocycles. The Bertz CT molecular complexity index is 624. The lowest BCUT2D eigenvalue weighted by Gasteiger charge is -2.36. The van der Waals surface area contributed by atoms with Gasteiger partial charge in [0.15, 0.2) is 0 Å². The van der Waals surface area contributed by atoms with Gasteiger partial charge in [-0.05, 0) is 38.1 Å². The minimum Gasteiger partial charge on any atom is -0.497 e. The fourth-order valence-corrected chi connectivity index (χ4v) is 3.38. The van der Waals surface area contributed by atoms with Crippen molar-refractivity contribution in [1.29, 1.82) is 0 Å². The van der Waals surface area contributed by atoms with Crippen molar-refractivity contribution >= 4 is 17.6 Å². The lowest BCUT2D eigenvalue weighted by atomic mass is 10.2. The third kappa shape index (κ3) is 3.87. The summed E-state index contributed by atoms with van der Waals surface area (Å²) in [4.78, 5) is 30.3. The number of anilines is 1. The summed E-state index contributed by atoms with van der Waals surface area (Å²) in [6.45, 7) is 6.32. The molecule has 0 spiro atoms. The molecule has 3 rings (SSSR count). The van der Waals surface area contributed by atoms with Crippen molar-refractivity contribution in [2.45, 2.75) is 26.1 Å². The summed E-state index contributed by atoms with van der Waals surface area (Å²) in [6.07, 6.45) is 0.0514. The van der Waals surface area contributed by atoms with Gasteiger partial charge in [0.1, 0.15) is 12.3 Å². The fourth-order valence-electron chi connectivity index (χ4n) is 3.38. The second-order valence-electron chi connectivity index (χ2n) is 6.61. The molecule has 0 bridgehead atoms. The summed E-state index contributed by atoms with van der Waals surface area (Å²) >= 11 is 0. The van der Waals surface area contributed by atoms with E-state index in [2.05, 4.69) is 0 Å². The van der Waals surface area contributed by atoms with Crippen LogP contribution in [0.3, 0.4) is 0 Å². The van der Waals surface area contributed by atoms with Crippen LogP contribution in [0.1, 0.15) is 13.8 Å². The molecule has 136 valence electrons. The number of rotatable bonds is 4. The van der Waals surface area contributed by atoms with Crippen LogP contribution in [-0.2, 0) is 9.53 Å². The van der Waals surface area contributed by atoms with Crippen molar-refractivity contribution < 1.29 is 19.1 Å². The van der Waals surface area contributed by atoms with Gasteiger partial charge >= 0.3 is 6.03 Å². The van der Waals surface area contributed by atoms with Crippen molar-refractivity contribution in [3.05, 3.63) is 24.3 Å². The average molecular weight is 347 g/mol.